The van der Waals surface area contributed by atoms with Crippen LogP contribution in [0.1, 0.15) is 43.0 Å². The van der Waals surface area contributed by atoms with Crippen LogP contribution in [-0.4, -0.2) is 23.4 Å². The van der Waals surface area contributed by atoms with Crippen LogP contribution < -0.4 is 15.0 Å². The Balaban J connectivity index is 1.60. The van der Waals surface area contributed by atoms with Gasteiger partial charge in [-0.25, -0.2) is 14.3 Å². The number of fused-ring (bicyclic) bond motifs is 1. The van der Waals surface area contributed by atoms with Crippen LogP contribution in [0, 0.1) is 0 Å². The SMILES string of the molecule is CC(C)(C)c1ccc(N(Cc2ccc(/C=C/C=C/C(=O)O)cc2)C(=O)Nc2ccc3c(c2)C(F)(F)OC(F)(F)O3)cc1. The van der Waals surface area contributed by atoms with Gasteiger partial charge in [0.05, 0.1) is 12.1 Å². The van der Waals surface area contributed by atoms with Crippen LogP contribution in [0.15, 0.2) is 85.0 Å². The highest BCUT2D eigenvalue weighted by Crippen LogP contribution is 2.47. The minimum Gasteiger partial charge on any atom is -0.478 e. The lowest BCUT2D eigenvalue weighted by molar-refractivity contribution is -0.461. The molecular formula is C31H28F4N2O5. The number of carboxylic acid groups (broad SMARTS) is 1. The average Bonchev–Trinajstić information content (AvgIpc) is 2.89. The second-order valence-electron chi connectivity index (χ2n) is 10.5. The largest absolute Gasteiger partial charge is 0.540 e. The summed E-state index contributed by atoms with van der Waals surface area (Å²) in [6.45, 7) is 6.25. The number of hydrogen-bond acceptors (Lipinski definition) is 4. The Morgan fingerprint density at radius 3 is 2.24 bits per heavy atom. The number of hydrogen-bond donors (Lipinski definition) is 2. The molecule has 0 atom stereocenters. The zero-order valence-corrected chi connectivity index (χ0v) is 22.9. The van der Waals surface area contributed by atoms with E-state index in [9.17, 15) is 27.2 Å². The third-order valence-corrected chi connectivity index (χ3v) is 6.27. The Morgan fingerprint density at radius 1 is 0.952 bits per heavy atom. The molecule has 3 aromatic rings. The summed E-state index contributed by atoms with van der Waals surface area (Å²) >= 11 is 0. The number of amides is 2. The van der Waals surface area contributed by atoms with Gasteiger partial charge in [0.1, 0.15) is 5.75 Å². The van der Waals surface area contributed by atoms with E-state index >= 15 is 0 Å². The fourth-order valence-electron chi connectivity index (χ4n) is 4.11. The third-order valence-electron chi connectivity index (χ3n) is 6.27. The molecule has 0 aromatic heterocycles. The van der Waals surface area contributed by atoms with Crippen LogP contribution >= 0.6 is 0 Å². The van der Waals surface area contributed by atoms with Gasteiger partial charge in [0.2, 0.25) is 0 Å². The second-order valence-corrected chi connectivity index (χ2v) is 10.5. The number of anilines is 2. The number of aliphatic carboxylic acids is 1. The Kier molecular flexibility index (Phi) is 8.44. The molecule has 220 valence electrons. The number of ether oxygens (including phenoxy) is 2. The highest BCUT2D eigenvalue weighted by atomic mass is 19.3. The van der Waals surface area contributed by atoms with E-state index in [1.807, 2.05) is 12.1 Å². The number of halogens is 4. The monoisotopic (exact) mass is 584 g/mol. The Bertz CT molecular complexity index is 1510. The summed E-state index contributed by atoms with van der Waals surface area (Å²) in [4.78, 5) is 25.5. The smallest absolute Gasteiger partial charge is 0.478 e. The topological polar surface area (TPSA) is 88.1 Å². The molecule has 42 heavy (non-hydrogen) atoms. The molecule has 2 N–H and O–H groups in total. The molecule has 1 aliphatic heterocycles. The van der Waals surface area contributed by atoms with Crippen molar-refractivity contribution in [3.8, 4) is 5.75 Å². The maximum atomic E-state index is 14.3. The van der Waals surface area contributed by atoms with Gasteiger partial charge in [-0.05, 0) is 52.4 Å². The van der Waals surface area contributed by atoms with Crippen LogP contribution in [0.3, 0.4) is 0 Å². The lowest BCUT2D eigenvalue weighted by Gasteiger charge is -2.31. The minimum atomic E-state index is -4.50. The molecule has 0 aliphatic carbocycles. The summed E-state index contributed by atoms with van der Waals surface area (Å²) < 4.78 is 63.0. The molecule has 0 saturated carbocycles. The van der Waals surface area contributed by atoms with Crippen LogP contribution in [0.25, 0.3) is 6.08 Å². The quantitative estimate of drug-likeness (QED) is 0.168. The molecule has 0 spiro atoms. The molecule has 0 radical (unpaired) electrons. The third kappa shape index (κ3) is 7.55. The normalized spacial score (nSPS) is 15.7. The lowest BCUT2D eigenvalue weighted by atomic mass is 9.87. The molecular weight excluding hydrogens is 556 g/mol. The van der Waals surface area contributed by atoms with Crippen molar-refractivity contribution < 1.29 is 41.7 Å². The standard InChI is InChI=1S/C31H28F4N2O5/c1-29(2,3)22-12-15-24(16-13-22)37(19-21-10-8-20(9-11-21)6-4-5-7-27(38)39)28(40)36-23-14-17-26-25(18-23)30(32,33)42-31(34,35)41-26/h4-18H,19H2,1-3H3,(H,36,40)(H,38,39)/b6-4+,7-5+. The summed E-state index contributed by atoms with van der Waals surface area (Å²) in [5.74, 6) is -1.83. The van der Waals surface area contributed by atoms with Crippen LogP contribution in [0.5, 0.6) is 5.75 Å². The zero-order valence-electron chi connectivity index (χ0n) is 22.9. The maximum absolute atomic E-state index is 14.3. The number of rotatable bonds is 7. The fourth-order valence-corrected chi connectivity index (χ4v) is 4.11. The van der Waals surface area contributed by atoms with Gasteiger partial charge in [-0.3, -0.25) is 4.90 Å². The van der Waals surface area contributed by atoms with Gasteiger partial charge >= 0.3 is 24.4 Å². The molecule has 11 heteroatoms. The number of carbonyl (C=O) groups excluding carboxylic acids is 1. The summed E-state index contributed by atoms with van der Waals surface area (Å²) in [6.07, 6.45) is -3.15. The van der Waals surface area contributed by atoms with E-state index in [1.54, 1.807) is 48.6 Å². The molecule has 4 rings (SSSR count). The van der Waals surface area contributed by atoms with Gasteiger partial charge in [-0.1, -0.05) is 75.4 Å². The van der Waals surface area contributed by atoms with E-state index in [0.29, 0.717) is 5.69 Å². The van der Waals surface area contributed by atoms with Gasteiger partial charge in [0.15, 0.2) is 0 Å². The van der Waals surface area contributed by atoms with Gasteiger partial charge in [0.25, 0.3) is 0 Å². The molecule has 7 nitrogen and oxygen atoms in total. The first-order chi connectivity index (χ1) is 19.6. The number of nitrogens with zero attached hydrogens (tertiary/aromatic N) is 1. The molecule has 0 saturated heterocycles. The number of allylic oxidation sites excluding steroid dienone is 2. The number of carboxylic acids is 1. The van der Waals surface area contributed by atoms with Crippen molar-refractivity contribution in [1.29, 1.82) is 0 Å². The highest BCUT2D eigenvalue weighted by Gasteiger charge is 2.54. The van der Waals surface area contributed by atoms with Crippen molar-refractivity contribution in [2.24, 2.45) is 0 Å². The van der Waals surface area contributed by atoms with Crippen molar-refractivity contribution in [3.05, 3.63) is 107 Å². The Morgan fingerprint density at radius 2 is 1.62 bits per heavy atom. The summed E-state index contributed by atoms with van der Waals surface area (Å²) in [5, 5.41) is 11.2. The van der Waals surface area contributed by atoms with Crippen molar-refractivity contribution in [1.82, 2.24) is 0 Å². The number of alkyl halides is 4. The van der Waals surface area contributed by atoms with Gasteiger partial charge < -0.3 is 15.2 Å². The molecule has 1 heterocycles. The molecule has 0 unspecified atom stereocenters. The first kappa shape index (κ1) is 30.3. The summed E-state index contributed by atoms with van der Waals surface area (Å²) in [6, 6.07) is 16.7. The van der Waals surface area contributed by atoms with E-state index in [1.165, 1.54) is 17.0 Å². The van der Waals surface area contributed by atoms with Crippen molar-refractivity contribution in [2.75, 3.05) is 10.2 Å². The van der Waals surface area contributed by atoms with Gasteiger partial charge in [-0.2, -0.15) is 8.78 Å². The van der Waals surface area contributed by atoms with Gasteiger partial charge in [0, 0.05) is 17.5 Å². The first-order valence-electron chi connectivity index (χ1n) is 12.8. The predicted molar refractivity (Wildman–Crippen MR) is 150 cm³/mol. The van der Waals surface area contributed by atoms with E-state index in [4.69, 9.17) is 5.11 Å². The number of nitrogens with one attached hydrogen (secondary N) is 1. The zero-order chi connectivity index (χ0) is 30.7. The molecule has 2 amide bonds. The lowest BCUT2D eigenvalue weighted by Crippen LogP contribution is -2.41. The van der Waals surface area contributed by atoms with Crippen LogP contribution in [0.4, 0.5) is 33.7 Å². The fraction of sp³-hybridized carbons (Fsp3) is 0.226. The minimum absolute atomic E-state index is 0.0814. The molecule has 3 aromatic carbocycles. The maximum Gasteiger partial charge on any atom is 0.540 e. The highest BCUT2D eigenvalue weighted by molar-refractivity contribution is 6.01. The van der Waals surface area contributed by atoms with Crippen LogP contribution in [0.2, 0.25) is 0 Å². The molecule has 0 bridgehead atoms. The van der Waals surface area contributed by atoms with E-state index in [-0.39, 0.29) is 17.6 Å². The number of urea groups is 1. The molecule has 0 fully saturated rings. The Labute approximate surface area is 239 Å². The Hall–Kier alpha value is -4.64. The van der Waals surface area contributed by atoms with E-state index in [2.05, 4.69) is 35.6 Å². The summed E-state index contributed by atoms with van der Waals surface area (Å²) in [5.41, 5.74) is 1.93. The number of benzene rings is 3. The first-order valence-corrected chi connectivity index (χ1v) is 12.8. The van der Waals surface area contributed by atoms with Gasteiger partial charge in [-0.15, -0.1) is 8.78 Å². The van der Waals surface area contributed by atoms with Crippen molar-refractivity contribution in [3.63, 3.8) is 0 Å². The van der Waals surface area contributed by atoms with Crippen molar-refractivity contribution >= 4 is 29.5 Å². The van der Waals surface area contributed by atoms with E-state index in [0.717, 1.165) is 34.9 Å². The van der Waals surface area contributed by atoms with E-state index < -0.39 is 35.7 Å². The number of carbonyl (C=O) groups is 2. The second kappa shape index (κ2) is 11.7. The van der Waals surface area contributed by atoms with Crippen molar-refractivity contribution in [2.45, 2.75) is 45.1 Å². The van der Waals surface area contributed by atoms with Crippen LogP contribution in [-0.2, 0) is 27.6 Å². The molecule has 1 aliphatic rings. The average molecular weight is 585 g/mol. The summed E-state index contributed by atoms with van der Waals surface area (Å²) in [7, 11) is 0. The predicted octanol–water partition coefficient (Wildman–Crippen LogP) is 7.89.